The van der Waals surface area contributed by atoms with Crippen LogP contribution in [-0.4, -0.2) is 35.4 Å². The Morgan fingerprint density at radius 2 is 2.39 bits per heavy atom. The Hall–Kier alpha value is -1.92. The second kappa shape index (κ2) is 6.68. The lowest BCUT2D eigenvalue weighted by Crippen LogP contribution is -2.34. The molecule has 122 valence electrons. The first-order valence-corrected chi connectivity index (χ1v) is 8.63. The number of hydrogen-bond acceptors (Lipinski definition) is 5. The minimum absolute atomic E-state index is 0.0361. The molecular weight excluding hydrogens is 310 g/mol. The third-order valence-electron chi connectivity index (χ3n) is 4.29. The van der Waals surface area contributed by atoms with E-state index in [0.717, 1.165) is 18.7 Å². The molecule has 3 rings (SSSR count). The topological polar surface area (TPSA) is 68.5 Å². The summed E-state index contributed by atoms with van der Waals surface area (Å²) in [6.45, 7) is 4.63. The van der Waals surface area contributed by atoms with Gasteiger partial charge < -0.3 is 15.4 Å². The standard InChI is InChI=1S/C17H21N3O2S/c1-17(10-18)5-6-20(11-17)16(21)13-3-2-4-15(7-13)22-8-14-9-23-12-19-14/h2-4,7,9,12H,5-6,8,10-11,18H2,1H3. The fourth-order valence-corrected chi connectivity index (χ4v) is 3.27. The molecule has 6 heteroatoms. The molecule has 0 saturated carbocycles. The average Bonchev–Trinajstić information content (AvgIpc) is 3.23. The molecule has 0 bridgehead atoms. The number of benzene rings is 1. The molecule has 1 amide bonds. The van der Waals surface area contributed by atoms with Crippen LogP contribution in [-0.2, 0) is 6.61 Å². The zero-order valence-electron chi connectivity index (χ0n) is 13.2. The van der Waals surface area contributed by atoms with Gasteiger partial charge in [0, 0.05) is 24.0 Å². The lowest BCUT2D eigenvalue weighted by molar-refractivity contribution is 0.0776. The lowest BCUT2D eigenvalue weighted by Gasteiger charge is -2.22. The van der Waals surface area contributed by atoms with Crippen LogP contribution in [0.4, 0.5) is 0 Å². The smallest absolute Gasteiger partial charge is 0.254 e. The summed E-state index contributed by atoms with van der Waals surface area (Å²) in [5.74, 6) is 0.728. The summed E-state index contributed by atoms with van der Waals surface area (Å²) >= 11 is 1.54. The Morgan fingerprint density at radius 3 is 3.09 bits per heavy atom. The van der Waals surface area contributed by atoms with E-state index < -0.39 is 0 Å². The summed E-state index contributed by atoms with van der Waals surface area (Å²) in [6, 6.07) is 7.34. The molecule has 0 spiro atoms. The Balaban J connectivity index is 1.66. The summed E-state index contributed by atoms with van der Waals surface area (Å²) in [4.78, 5) is 18.7. The number of aromatic nitrogens is 1. The van der Waals surface area contributed by atoms with Gasteiger partial charge in [-0.15, -0.1) is 11.3 Å². The van der Waals surface area contributed by atoms with Crippen LogP contribution in [0.15, 0.2) is 35.2 Å². The number of likely N-dealkylation sites (tertiary alicyclic amines) is 1. The minimum atomic E-state index is 0.0361. The highest BCUT2D eigenvalue weighted by Gasteiger charge is 2.35. The highest BCUT2D eigenvalue weighted by atomic mass is 32.1. The highest BCUT2D eigenvalue weighted by Crippen LogP contribution is 2.29. The van der Waals surface area contributed by atoms with Crippen molar-refractivity contribution in [2.45, 2.75) is 20.0 Å². The predicted octanol–water partition coefficient (Wildman–Crippen LogP) is 2.53. The maximum Gasteiger partial charge on any atom is 0.254 e. The molecule has 1 fully saturated rings. The summed E-state index contributed by atoms with van der Waals surface area (Å²) in [5, 5.41) is 1.95. The summed E-state index contributed by atoms with van der Waals surface area (Å²) in [6.07, 6.45) is 0.954. The number of nitrogens with zero attached hydrogens (tertiary/aromatic N) is 2. The van der Waals surface area contributed by atoms with Crippen LogP contribution in [0.3, 0.4) is 0 Å². The Kier molecular flexibility index (Phi) is 4.63. The number of ether oxygens (including phenoxy) is 1. The second-order valence-corrected chi connectivity index (χ2v) is 7.01. The van der Waals surface area contributed by atoms with Crippen molar-refractivity contribution in [3.8, 4) is 5.75 Å². The molecule has 2 N–H and O–H groups in total. The van der Waals surface area contributed by atoms with Gasteiger partial charge in [0.2, 0.25) is 0 Å². The fraction of sp³-hybridized carbons (Fsp3) is 0.412. The number of carbonyl (C=O) groups is 1. The molecule has 1 saturated heterocycles. The summed E-state index contributed by atoms with van der Waals surface area (Å²) in [5.41, 5.74) is 9.18. The third-order valence-corrected chi connectivity index (χ3v) is 4.92. The minimum Gasteiger partial charge on any atom is -0.487 e. The fourth-order valence-electron chi connectivity index (χ4n) is 2.73. The van der Waals surface area contributed by atoms with Crippen molar-refractivity contribution in [1.29, 1.82) is 0 Å². The van der Waals surface area contributed by atoms with E-state index in [4.69, 9.17) is 10.5 Å². The molecule has 0 radical (unpaired) electrons. The zero-order valence-corrected chi connectivity index (χ0v) is 14.0. The normalized spacial score (nSPS) is 20.7. The van der Waals surface area contributed by atoms with E-state index >= 15 is 0 Å². The van der Waals surface area contributed by atoms with Gasteiger partial charge in [-0.25, -0.2) is 4.98 Å². The van der Waals surface area contributed by atoms with Crippen LogP contribution >= 0.6 is 11.3 Å². The number of hydrogen-bond donors (Lipinski definition) is 1. The second-order valence-electron chi connectivity index (χ2n) is 6.29. The van der Waals surface area contributed by atoms with Gasteiger partial charge in [-0.05, 0) is 36.6 Å². The van der Waals surface area contributed by atoms with Crippen LogP contribution in [0, 0.1) is 5.41 Å². The lowest BCUT2D eigenvalue weighted by atomic mass is 9.90. The SMILES string of the molecule is CC1(CN)CCN(C(=O)c2cccc(OCc3cscn3)c2)C1. The van der Waals surface area contributed by atoms with Crippen molar-refractivity contribution in [3.05, 3.63) is 46.4 Å². The maximum atomic E-state index is 12.7. The van der Waals surface area contributed by atoms with Gasteiger partial charge >= 0.3 is 0 Å². The molecule has 0 aliphatic carbocycles. The van der Waals surface area contributed by atoms with Crippen LogP contribution in [0.2, 0.25) is 0 Å². The Labute approximate surface area is 140 Å². The van der Waals surface area contributed by atoms with Gasteiger partial charge in [-0.1, -0.05) is 13.0 Å². The van der Waals surface area contributed by atoms with E-state index in [0.29, 0.717) is 31.0 Å². The van der Waals surface area contributed by atoms with Crippen molar-refractivity contribution < 1.29 is 9.53 Å². The average molecular weight is 331 g/mol. The van der Waals surface area contributed by atoms with Gasteiger partial charge in [0.25, 0.3) is 5.91 Å². The molecular formula is C17H21N3O2S. The van der Waals surface area contributed by atoms with E-state index in [1.807, 2.05) is 28.5 Å². The van der Waals surface area contributed by atoms with Gasteiger partial charge in [-0.2, -0.15) is 0 Å². The van der Waals surface area contributed by atoms with Crippen LogP contribution in [0.5, 0.6) is 5.75 Å². The molecule has 2 aromatic rings. The molecule has 1 aliphatic heterocycles. The predicted molar refractivity (Wildman–Crippen MR) is 90.6 cm³/mol. The quantitative estimate of drug-likeness (QED) is 0.914. The van der Waals surface area contributed by atoms with Crippen molar-refractivity contribution in [2.24, 2.45) is 11.1 Å². The first-order chi connectivity index (χ1) is 11.1. The first kappa shape index (κ1) is 16.0. The highest BCUT2D eigenvalue weighted by molar-refractivity contribution is 7.07. The van der Waals surface area contributed by atoms with E-state index in [1.54, 1.807) is 11.6 Å². The maximum absolute atomic E-state index is 12.7. The van der Waals surface area contributed by atoms with E-state index in [2.05, 4.69) is 11.9 Å². The van der Waals surface area contributed by atoms with Gasteiger partial charge in [0.15, 0.2) is 0 Å². The molecule has 1 aromatic carbocycles. The molecule has 1 unspecified atom stereocenters. The van der Waals surface area contributed by atoms with Crippen LogP contribution in [0.25, 0.3) is 0 Å². The molecule has 23 heavy (non-hydrogen) atoms. The van der Waals surface area contributed by atoms with Crippen molar-refractivity contribution in [3.63, 3.8) is 0 Å². The molecule has 5 nitrogen and oxygen atoms in total. The van der Waals surface area contributed by atoms with Crippen LogP contribution in [0.1, 0.15) is 29.4 Å². The van der Waals surface area contributed by atoms with E-state index in [9.17, 15) is 4.79 Å². The number of amides is 1. The molecule has 1 aliphatic rings. The van der Waals surface area contributed by atoms with Crippen molar-refractivity contribution >= 4 is 17.2 Å². The number of rotatable bonds is 5. The summed E-state index contributed by atoms with van der Waals surface area (Å²) < 4.78 is 5.72. The third kappa shape index (κ3) is 3.71. The molecule has 1 atom stereocenters. The van der Waals surface area contributed by atoms with E-state index in [-0.39, 0.29) is 11.3 Å². The van der Waals surface area contributed by atoms with Crippen LogP contribution < -0.4 is 10.5 Å². The summed E-state index contributed by atoms with van der Waals surface area (Å²) in [7, 11) is 0. The molecule has 1 aromatic heterocycles. The number of thiazole rings is 1. The van der Waals surface area contributed by atoms with Crippen molar-refractivity contribution in [1.82, 2.24) is 9.88 Å². The van der Waals surface area contributed by atoms with E-state index in [1.165, 1.54) is 11.3 Å². The largest absolute Gasteiger partial charge is 0.487 e. The monoisotopic (exact) mass is 331 g/mol. The number of nitrogens with two attached hydrogens (primary N) is 1. The van der Waals surface area contributed by atoms with Gasteiger partial charge in [-0.3, -0.25) is 4.79 Å². The Morgan fingerprint density at radius 1 is 1.52 bits per heavy atom. The zero-order chi connectivity index (χ0) is 16.3. The number of carbonyl (C=O) groups excluding carboxylic acids is 1. The first-order valence-electron chi connectivity index (χ1n) is 7.69. The van der Waals surface area contributed by atoms with Gasteiger partial charge in [0.1, 0.15) is 12.4 Å². The van der Waals surface area contributed by atoms with Crippen molar-refractivity contribution in [2.75, 3.05) is 19.6 Å². The Bertz CT molecular complexity index is 674. The van der Waals surface area contributed by atoms with Gasteiger partial charge in [0.05, 0.1) is 11.2 Å². The molecule has 2 heterocycles.